The lowest BCUT2D eigenvalue weighted by molar-refractivity contribution is -0.124. The number of carbonyl (C=O) groups excluding carboxylic acids is 1. The van der Waals surface area contributed by atoms with Gasteiger partial charge in [-0.05, 0) is 30.4 Å². The summed E-state index contributed by atoms with van der Waals surface area (Å²) < 4.78 is 0. The van der Waals surface area contributed by atoms with Gasteiger partial charge in [-0.2, -0.15) is 0 Å². The van der Waals surface area contributed by atoms with Crippen molar-refractivity contribution in [2.75, 3.05) is 0 Å². The summed E-state index contributed by atoms with van der Waals surface area (Å²) in [5.74, 6) is 0.703. The van der Waals surface area contributed by atoms with Crippen LogP contribution in [0.15, 0.2) is 24.3 Å². The fraction of sp³-hybridized carbons (Fsp3) is 0.588. The number of amides is 1. The highest BCUT2D eigenvalue weighted by atomic mass is 16.2. The van der Waals surface area contributed by atoms with Crippen molar-refractivity contribution < 1.29 is 4.79 Å². The molecule has 1 aliphatic rings. The van der Waals surface area contributed by atoms with Crippen LogP contribution in [0.25, 0.3) is 0 Å². The normalized spacial score (nSPS) is 19.5. The second-order valence-corrected chi connectivity index (χ2v) is 5.78. The number of fused-ring (bicyclic) bond motifs is 1. The number of benzene rings is 1. The molecule has 0 saturated carbocycles. The van der Waals surface area contributed by atoms with E-state index in [2.05, 4.69) is 49.6 Å². The lowest BCUT2D eigenvalue weighted by atomic mass is 9.93. The molecule has 0 spiro atoms. The summed E-state index contributed by atoms with van der Waals surface area (Å²) in [5, 5.41) is 6.52. The van der Waals surface area contributed by atoms with E-state index < -0.39 is 0 Å². The number of hydrogen-bond donors (Lipinski definition) is 2. The molecule has 0 fully saturated rings. The highest BCUT2D eigenvalue weighted by molar-refractivity contribution is 5.82. The van der Waals surface area contributed by atoms with Crippen molar-refractivity contribution >= 4 is 5.91 Å². The predicted octanol–water partition coefficient (Wildman–Crippen LogP) is 2.64. The summed E-state index contributed by atoms with van der Waals surface area (Å²) >= 11 is 0. The summed E-state index contributed by atoms with van der Waals surface area (Å²) in [7, 11) is 0. The van der Waals surface area contributed by atoms with Crippen molar-refractivity contribution in [3.63, 3.8) is 0 Å². The quantitative estimate of drug-likeness (QED) is 0.866. The van der Waals surface area contributed by atoms with E-state index in [-0.39, 0.29) is 18.0 Å². The maximum absolute atomic E-state index is 12.4. The van der Waals surface area contributed by atoms with Gasteiger partial charge in [0.15, 0.2) is 0 Å². The van der Waals surface area contributed by atoms with Crippen LogP contribution in [0.1, 0.15) is 44.7 Å². The standard InChI is InChI=1S/C17H26N2O/c1-4-13(5-2)12(3)19-17(20)16-10-14-8-6-7-9-15(14)11-18-16/h6-9,12-13,16,18H,4-5,10-11H2,1-3H3,(H,19,20)/t12?,16-/m1/s1. The molecule has 1 aromatic rings. The first-order valence-corrected chi connectivity index (χ1v) is 7.76. The molecule has 2 atom stereocenters. The molecule has 1 aliphatic heterocycles. The zero-order chi connectivity index (χ0) is 14.5. The molecule has 2 rings (SSSR count). The largest absolute Gasteiger partial charge is 0.352 e. The number of nitrogens with one attached hydrogen (secondary N) is 2. The molecular weight excluding hydrogens is 248 g/mol. The minimum Gasteiger partial charge on any atom is -0.352 e. The fourth-order valence-electron chi connectivity index (χ4n) is 3.08. The van der Waals surface area contributed by atoms with Gasteiger partial charge in [-0.1, -0.05) is 51.0 Å². The van der Waals surface area contributed by atoms with Gasteiger partial charge >= 0.3 is 0 Å². The van der Waals surface area contributed by atoms with E-state index in [0.717, 1.165) is 25.8 Å². The number of rotatable bonds is 5. The molecule has 110 valence electrons. The van der Waals surface area contributed by atoms with Crippen LogP contribution < -0.4 is 10.6 Å². The Hall–Kier alpha value is -1.35. The molecule has 1 heterocycles. The molecule has 0 saturated heterocycles. The third kappa shape index (κ3) is 3.40. The van der Waals surface area contributed by atoms with Crippen LogP contribution in [0, 0.1) is 5.92 Å². The van der Waals surface area contributed by atoms with Gasteiger partial charge in [0, 0.05) is 12.6 Å². The first-order valence-electron chi connectivity index (χ1n) is 7.76. The second-order valence-electron chi connectivity index (χ2n) is 5.78. The maximum Gasteiger partial charge on any atom is 0.237 e. The molecule has 0 aliphatic carbocycles. The monoisotopic (exact) mass is 274 g/mol. The van der Waals surface area contributed by atoms with E-state index >= 15 is 0 Å². The molecule has 2 N–H and O–H groups in total. The minimum absolute atomic E-state index is 0.0956. The Morgan fingerprint density at radius 1 is 1.30 bits per heavy atom. The van der Waals surface area contributed by atoms with Crippen LogP contribution in [0.2, 0.25) is 0 Å². The Kier molecular flexibility index (Phi) is 5.18. The summed E-state index contributed by atoms with van der Waals surface area (Å²) in [4.78, 5) is 12.4. The van der Waals surface area contributed by atoms with E-state index in [0.29, 0.717) is 5.92 Å². The third-order valence-corrected chi connectivity index (χ3v) is 4.52. The van der Waals surface area contributed by atoms with Crippen molar-refractivity contribution in [2.45, 2.75) is 58.7 Å². The summed E-state index contributed by atoms with van der Waals surface area (Å²) in [6, 6.07) is 8.50. The van der Waals surface area contributed by atoms with E-state index in [1.807, 2.05) is 6.07 Å². The average molecular weight is 274 g/mol. The molecule has 1 amide bonds. The minimum atomic E-state index is -0.0956. The topological polar surface area (TPSA) is 41.1 Å². The predicted molar refractivity (Wildman–Crippen MR) is 82.5 cm³/mol. The molecule has 0 radical (unpaired) electrons. The average Bonchev–Trinajstić information content (AvgIpc) is 2.48. The maximum atomic E-state index is 12.4. The van der Waals surface area contributed by atoms with Crippen LogP contribution in [-0.4, -0.2) is 18.0 Å². The summed E-state index contributed by atoms with van der Waals surface area (Å²) in [6.07, 6.45) is 3.01. The molecule has 1 aromatic carbocycles. The molecule has 0 bridgehead atoms. The van der Waals surface area contributed by atoms with Crippen LogP contribution in [-0.2, 0) is 17.8 Å². The lowest BCUT2D eigenvalue weighted by Crippen LogP contribution is -2.51. The van der Waals surface area contributed by atoms with E-state index in [4.69, 9.17) is 0 Å². The molecular formula is C17H26N2O. The van der Waals surface area contributed by atoms with Gasteiger partial charge in [0.1, 0.15) is 0 Å². The van der Waals surface area contributed by atoms with Gasteiger partial charge in [0.2, 0.25) is 5.91 Å². The van der Waals surface area contributed by atoms with Gasteiger partial charge in [-0.3, -0.25) is 4.79 Å². The first kappa shape index (κ1) is 15.0. The Labute approximate surface area is 122 Å². The lowest BCUT2D eigenvalue weighted by Gasteiger charge is -2.29. The third-order valence-electron chi connectivity index (χ3n) is 4.52. The highest BCUT2D eigenvalue weighted by Gasteiger charge is 2.26. The molecule has 0 aromatic heterocycles. The zero-order valence-electron chi connectivity index (χ0n) is 12.8. The van der Waals surface area contributed by atoms with E-state index in [1.54, 1.807) is 0 Å². The second kappa shape index (κ2) is 6.89. The van der Waals surface area contributed by atoms with Crippen LogP contribution in [0.4, 0.5) is 0 Å². The van der Waals surface area contributed by atoms with Gasteiger partial charge in [0.25, 0.3) is 0 Å². The van der Waals surface area contributed by atoms with E-state index in [1.165, 1.54) is 11.1 Å². The SMILES string of the molecule is CCC(CC)C(C)NC(=O)[C@H]1Cc2ccccc2CN1. The Morgan fingerprint density at radius 2 is 1.95 bits per heavy atom. The molecule has 20 heavy (non-hydrogen) atoms. The van der Waals surface area contributed by atoms with Gasteiger partial charge in [-0.15, -0.1) is 0 Å². The summed E-state index contributed by atoms with van der Waals surface area (Å²) in [5.41, 5.74) is 2.60. The van der Waals surface area contributed by atoms with Crippen molar-refractivity contribution in [1.82, 2.24) is 10.6 Å². The van der Waals surface area contributed by atoms with Crippen LogP contribution in [0.5, 0.6) is 0 Å². The van der Waals surface area contributed by atoms with Crippen molar-refractivity contribution in [3.05, 3.63) is 35.4 Å². The Morgan fingerprint density at radius 3 is 2.60 bits per heavy atom. The first-order chi connectivity index (χ1) is 9.65. The van der Waals surface area contributed by atoms with Crippen LogP contribution >= 0.6 is 0 Å². The molecule has 3 heteroatoms. The number of carbonyl (C=O) groups is 1. The molecule has 3 nitrogen and oxygen atoms in total. The van der Waals surface area contributed by atoms with Gasteiger partial charge in [0.05, 0.1) is 6.04 Å². The molecule has 1 unspecified atom stereocenters. The number of hydrogen-bond acceptors (Lipinski definition) is 2. The fourth-order valence-corrected chi connectivity index (χ4v) is 3.08. The van der Waals surface area contributed by atoms with Crippen molar-refractivity contribution in [1.29, 1.82) is 0 Å². The van der Waals surface area contributed by atoms with Crippen LogP contribution in [0.3, 0.4) is 0 Å². The van der Waals surface area contributed by atoms with Gasteiger partial charge < -0.3 is 10.6 Å². The Balaban J connectivity index is 1.95. The van der Waals surface area contributed by atoms with Crippen molar-refractivity contribution in [2.24, 2.45) is 5.92 Å². The smallest absolute Gasteiger partial charge is 0.237 e. The van der Waals surface area contributed by atoms with Crippen molar-refractivity contribution in [3.8, 4) is 0 Å². The Bertz CT molecular complexity index is 454. The highest BCUT2D eigenvalue weighted by Crippen LogP contribution is 2.17. The zero-order valence-corrected chi connectivity index (χ0v) is 12.8. The van der Waals surface area contributed by atoms with E-state index in [9.17, 15) is 4.79 Å². The van der Waals surface area contributed by atoms with Gasteiger partial charge in [-0.25, -0.2) is 0 Å². The summed E-state index contributed by atoms with van der Waals surface area (Å²) in [6.45, 7) is 7.28.